The second-order valence-electron chi connectivity index (χ2n) is 4.62. The van der Waals surface area contributed by atoms with E-state index in [1.165, 1.54) is 11.3 Å². The number of hydrogen-bond acceptors (Lipinski definition) is 4. The second kappa shape index (κ2) is 6.90. The van der Waals surface area contributed by atoms with Gasteiger partial charge in [-0.05, 0) is 12.8 Å². The van der Waals surface area contributed by atoms with Gasteiger partial charge in [0.1, 0.15) is 0 Å². The highest BCUT2D eigenvalue weighted by atomic mass is 35.5. The first kappa shape index (κ1) is 15.1. The minimum absolute atomic E-state index is 0.0360. The van der Waals surface area contributed by atoms with Crippen LogP contribution in [0.2, 0.25) is 4.47 Å². The molecule has 0 aliphatic carbocycles. The molecule has 1 aromatic heterocycles. The molecule has 2 amide bonds. The number of nitrogens with zero attached hydrogens (tertiary/aromatic N) is 3. The monoisotopic (exact) mass is 317 g/mol. The van der Waals surface area contributed by atoms with Crippen LogP contribution in [-0.4, -0.2) is 51.5 Å². The quantitative estimate of drug-likeness (QED) is 0.873. The molecule has 0 spiro atoms. The third-order valence-corrected chi connectivity index (χ3v) is 4.19. The molecule has 0 saturated carbocycles. The Labute approximate surface area is 126 Å². The van der Waals surface area contributed by atoms with Gasteiger partial charge in [-0.1, -0.05) is 11.6 Å². The van der Waals surface area contributed by atoms with E-state index in [-0.39, 0.29) is 12.5 Å². The van der Waals surface area contributed by atoms with E-state index in [1.54, 1.807) is 16.0 Å². The minimum Gasteiger partial charge on any atom is -0.481 e. The van der Waals surface area contributed by atoms with Crippen LogP contribution in [-0.2, 0) is 11.3 Å². The number of halogens is 1. The highest BCUT2D eigenvalue weighted by Crippen LogP contribution is 2.21. The van der Waals surface area contributed by atoms with Crippen molar-refractivity contribution in [3.05, 3.63) is 15.5 Å². The first-order chi connectivity index (χ1) is 9.56. The molecule has 1 fully saturated rings. The fourth-order valence-electron chi connectivity index (χ4n) is 2.16. The highest BCUT2D eigenvalue weighted by Gasteiger charge is 2.25. The molecule has 1 aliphatic heterocycles. The molecule has 0 radical (unpaired) electrons. The number of amides is 2. The van der Waals surface area contributed by atoms with Crippen molar-refractivity contribution >= 4 is 34.9 Å². The highest BCUT2D eigenvalue weighted by molar-refractivity contribution is 7.15. The van der Waals surface area contributed by atoms with Gasteiger partial charge in [0.05, 0.1) is 6.54 Å². The third-order valence-electron chi connectivity index (χ3n) is 3.09. The van der Waals surface area contributed by atoms with Gasteiger partial charge in [0, 0.05) is 37.1 Å². The lowest BCUT2D eigenvalue weighted by Crippen LogP contribution is -2.49. The van der Waals surface area contributed by atoms with Crippen LogP contribution in [0.4, 0.5) is 4.79 Å². The lowest BCUT2D eigenvalue weighted by atomic mass is 10.2. The summed E-state index contributed by atoms with van der Waals surface area (Å²) in [7, 11) is 0. The fraction of sp³-hybridized carbons (Fsp3) is 0.583. The summed E-state index contributed by atoms with van der Waals surface area (Å²) in [5.41, 5.74) is 0. The van der Waals surface area contributed by atoms with Gasteiger partial charge < -0.3 is 14.9 Å². The molecule has 1 aliphatic rings. The summed E-state index contributed by atoms with van der Waals surface area (Å²) in [5, 5.41) is 8.63. The van der Waals surface area contributed by atoms with Gasteiger partial charge >= 0.3 is 12.0 Å². The first-order valence-corrected chi connectivity index (χ1v) is 7.61. The molecule has 0 unspecified atom stereocenters. The van der Waals surface area contributed by atoms with Crippen LogP contribution in [0.25, 0.3) is 0 Å². The number of carboxylic acids is 1. The molecule has 2 heterocycles. The van der Waals surface area contributed by atoms with E-state index in [0.29, 0.717) is 37.1 Å². The molecule has 1 N–H and O–H groups in total. The zero-order chi connectivity index (χ0) is 14.5. The van der Waals surface area contributed by atoms with Crippen LogP contribution >= 0.6 is 22.9 Å². The van der Waals surface area contributed by atoms with E-state index in [0.717, 1.165) is 11.3 Å². The number of rotatable bonds is 6. The largest absolute Gasteiger partial charge is 0.481 e. The van der Waals surface area contributed by atoms with Crippen LogP contribution in [0.5, 0.6) is 0 Å². The van der Waals surface area contributed by atoms with Crippen LogP contribution in [0, 0.1) is 0 Å². The van der Waals surface area contributed by atoms with Crippen molar-refractivity contribution in [1.29, 1.82) is 0 Å². The van der Waals surface area contributed by atoms with E-state index in [4.69, 9.17) is 16.7 Å². The van der Waals surface area contributed by atoms with Crippen LogP contribution < -0.4 is 0 Å². The van der Waals surface area contributed by atoms with E-state index in [2.05, 4.69) is 4.98 Å². The molecule has 20 heavy (non-hydrogen) atoms. The molecule has 2 rings (SSSR count). The molecule has 110 valence electrons. The molecule has 0 bridgehead atoms. The van der Waals surface area contributed by atoms with Crippen molar-refractivity contribution in [3.63, 3.8) is 0 Å². The van der Waals surface area contributed by atoms with E-state index >= 15 is 0 Å². The average molecular weight is 318 g/mol. The van der Waals surface area contributed by atoms with Crippen LogP contribution in [0.15, 0.2) is 6.20 Å². The van der Waals surface area contributed by atoms with Crippen molar-refractivity contribution in [2.75, 3.05) is 19.6 Å². The molecule has 1 aromatic rings. The smallest absolute Gasteiger partial charge is 0.320 e. The zero-order valence-corrected chi connectivity index (χ0v) is 12.5. The second-order valence-corrected chi connectivity index (χ2v) is 6.32. The summed E-state index contributed by atoms with van der Waals surface area (Å²) < 4.78 is 0.475. The number of carboxylic acid groups (broad SMARTS) is 1. The zero-order valence-electron chi connectivity index (χ0n) is 10.9. The summed E-state index contributed by atoms with van der Waals surface area (Å²) in [4.78, 5) is 31.2. The van der Waals surface area contributed by atoms with Crippen molar-refractivity contribution in [2.45, 2.75) is 25.8 Å². The lowest BCUT2D eigenvalue weighted by molar-refractivity contribution is -0.137. The third kappa shape index (κ3) is 4.08. The van der Waals surface area contributed by atoms with Crippen molar-refractivity contribution in [2.24, 2.45) is 0 Å². The minimum atomic E-state index is -0.828. The maximum Gasteiger partial charge on any atom is 0.320 e. The predicted octanol–water partition coefficient (Wildman–Crippen LogP) is 2.29. The van der Waals surface area contributed by atoms with Crippen LogP contribution in [0.3, 0.4) is 0 Å². The fourth-order valence-corrected chi connectivity index (χ4v) is 3.16. The summed E-state index contributed by atoms with van der Waals surface area (Å²) in [5.74, 6) is -0.828. The number of carbonyl (C=O) groups excluding carboxylic acids is 1. The van der Waals surface area contributed by atoms with E-state index < -0.39 is 5.97 Å². The lowest BCUT2D eigenvalue weighted by Gasteiger charge is -2.35. The van der Waals surface area contributed by atoms with Gasteiger partial charge in [-0.3, -0.25) is 4.79 Å². The molecule has 8 heteroatoms. The number of thiazole rings is 1. The number of aliphatic carboxylic acids is 1. The molecular formula is C12H16ClN3O3S. The van der Waals surface area contributed by atoms with E-state index in [1.807, 2.05) is 0 Å². The van der Waals surface area contributed by atoms with Gasteiger partial charge in [-0.2, -0.15) is 0 Å². The Morgan fingerprint density at radius 2 is 2.20 bits per heavy atom. The summed E-state index contributed by atoms with van der Waals surface area (Å²) in [6, 6.07) is -0.0360. The van der Waals surface area contributed by atoms with E-state index in [9.17, 15) is 9.59 Å². The molecule has 1 saturated heterocycles. The normalized spacial score (nSPS) is 15.8. The van der Waals surface area contributed by atoms with Gasteiger partial charge in [-0.25, -0.2) is 9.78 Å². The number of aromatic nitrogens is 1. The first-order valence-electron chi connectivity index (χ1n) is 6.42. The summed E-state index contributed by atoms with van der Waals surface area (Å²) >= 11 is 7.15. The van der Waals surface area contributed by atoms with Crippen molar-refractivity contribution in [3.8, 4) is 0 Å². The Hall–Kier alpha value is -1.34. The summed E-state index contributed by atoms with van der Waals surface area (Å²) in [6.07, 6.45) is 3.16. The Morgan fingerprint density at radius 3 is 2.85 bits per heavy atom. The topological polar surface area (TPSA) is 73.7 Å². The predicted molar refractivity (Wildman–Crippen MR) is 76.0 cm³/mol. The van der Waals surface area contributed by atoms with Gasteiger partial charge in [0.2, 0.25) is 0 Å². The SMILES string of the molecule is O=C(O)CCCN1CCCN(Cc2cnc(Cl)s2)C1=O. The van der Waals surface area contributed by atoms with Crippen molar-refractivity contribution < 1.29 is 14.7 Å². The molecule has 6 nitrogen and oxygen atoms in total. The number of hydrogen-bond donors (Lipinski definition) is 1. The number of carbonyl (C=O) groups is 2. The van der Waals surface area contributed by atoms with Gasteiger partial charge in [0.15, 0.2) is 4.47 Å². The Kier molecular flexibility index (Phi) is 5.19. The Bertz CT molecular complexity index is 494. The van der Waals surface area contributed by atoms with Crippen molar-refractivity contribution in [1.82, 2.24) is 14.8 Å². The standard InChI is InChI=1S/C12H16ClN3O3S/c13-11-14-7-9(20-11)8-16-6-2-5-15(12(16)19)4-1-3-10(17)18/h7H,1-6,8H2,(H,17,18). The van der Waals surface area contributed by atoms with Gasteiger partial charge in [0.25, 0.3) is 0 Å². The molecular weight excluding hydrogens is 302 g/mol. The number of urea groups is 1. The Morgan fingerprint density at radius 1 is 1.45 bits per heavy atom. The molecule has 0 atom stereocenters. The maximum absolute atomic E-state index is 12.3. The Balaban J connectivity index is 1.87. The average Bonchev–Trinajstić information content (AvgIpc) is 2.79. The molecule has 0 aromatic carbocycles. The maximum atomic E-state index is 12.3. The van der Waals surface area contributed by atoms with Crippen LogP contribution in [0.1, 0.15) is 24.1 Å². The summed E-state index contributed by atoms with van der Waals surface area (Å²) in [6.45, 7) is 2.41. The van der Waals surface area contributed by atoms with Gasteiger partial charge in [-0.15, -0.1) is 11.3 Å².